The molecule has 1 N–H and O–H groups in total. The molecule has 0 saturated carbocycles. The first-order valence-corrected chi connectivity index (χ1v) is 6.63. The summed E-state index contributed by atoms with van der Waals surface area (Å²) in [5, 5.41) is 4.86. The van der Waals surface area contributed by atoms with Crippen molar-refractivity contribution in [2.24, 2.45) is 0 Å². The van der Waals surface area contributed by atoms with E-state index < -0.39 is 5.79 Å². The van der Waals surface area contributed by atoms with Crippen molar-refractivity contribution >= 4 is 17.2 Å². The summed E-state index contributed by atoms with van der Waals surface area (Å²) in [6, 6.07) is 3.92. The van der Waals surface area contributed by atoms with Crippen LogP contribution in [0.3, 0.4) is 0 Å². The van der Waals surface area contributed by atoms with Crippen LogP contribution in [-0.2, 0) is 20.7 Å². The number of hydrogen-bond donors (Lipinski definition) is 1. The summed E-state index contributed by atoms with van der Waals surface area (Å²) in [7, 11) is 0. The van der Waals surface area contributed by atoms with Crippen molar-refractivity contribution in [3.8, 4) is 0 Å². The van der Waals surface area contributed by atoms with Gasteiger partial charge in [0, 0.05) is 17.8 Å². The summed E-state index contributed by atoms with van der Waals surface area (Å²) < 4.78 is 10.9. The van der Waals surface area contributed by atoms with Crippen LogP contribution in [0, 0.1) is 0 Å². The minimum absolute atomic E-state index is 0.0500. The number of hydrogen-bond acceptors (Lipinski definition) is 4. The molecule has 0 radical (unpaired) electrons. The number of carbonyl (C=O) groups excluding carboxylic acids is 1. The number of amides is 1. The summed E-state index contributed by atoms with van der Waals surface area (Å²) in [6.45, 7) is 3.77. The first-order chi connectivity index (χ1) is 8.18. The van der Waals surface area contributed by atoms with Crippen LogP contribution in [0.5, 0.6) is 0 Å². The second-order valence-corrected chi connectivity index (χ2v) is 5.22. The second kappa shape index (κ2) is 5.62. The Bertz CT molecular complexity index is 358. The Morgan fingerprint density at radius 3 is 2.94 bits per heavy atom. The molecule has 1 amide bonds. The van der Waals surface area contributed by atoms with Gasteiger partial charge in [0.2, 0.25) is 5.91 Å². The SMILES string of the molecule is CC1(CCNC(=O)Cc2cccs2)OCCO1. The normalized spacial score (nSPS) is 18.2. The molecule has 1 aromatic rings. The summed E-state index contributed by atoms with van der Waals surface area (Å²) in [5.74, 6) is -0.468. The van der Waals surface area contributed by atoms with Gasteiger partial charge in [-0.15, -0.1) is 11.3 Å². The molecule has 0 aliphatic carbocycles. The van der Waals surface area contributed by atoms with Crippen LogP contribution in [0.1, 0.15) is 18.2 Å². The maximum absolute atomic E-state index is 11.6. The van der Waals surface area contributed by atoms with Crippen LogP contribution in [0.4, 0.5) is 0 Å². The Balaban J connectivity index is 1.66. The molecule has 0 atom stereocenters. The molecule has 94 valence electrons. The minimum Gasteiger partial charge on any atom is -0.356 e. The maximum Gasteiger partial charge on any atom is 0.225 e. The molecule has 17 heavy (non-hydrogen) atoms. The molecule has 2 heterocycles. The molecule has 1 aliphatic rings. The average Bonchev–Trinajstić information content (AvgIpc) is 2.90. The van der Waals surface area contributed by atoms with Crippen LogP contribution in [0.2, 0.25) is 0 Å². The highest BCUT2D eigenvalue weighted by Gasteiger charge is 2.30. The van der Waals surface area contributed by atoms with E-state index >= 15 is 0 Å². The van der Waals surface area contributed by atoms with E-state index in [-0.39, 0.29) is 5.91 Å². The highest BCUT2D eigenvalue weighted by atomic mass is 32.1. The highest BCUT2D eigenvalue weighted by Crippen LogP contribution is 2.21. The first-order valence-electron chi connectivity index (χ1n) is 5.75. The molecular weight excluding hydrogens is 238 g/mol. The van der Waals surface area contributed by atoms with E-state index in [4.69, 9.17) is 9.47 Å². The second-order valence-electron chi connectivity index (χ2n) is 4.19. The van der Waals surface area contributed by atoms with Crippen LogP contribution in [-0.4, -0.2) is 31.5 Å². The third-order valence-corrected chi connectivity index (χ3v) is 3.59. The van der Waals surface area contributed by atoms with Crippen LogP contribution in [0.15, 0.2) is 17.5 Å². The molecule has 1 saturated heterocycles. The summed E-state index contributed by atoms with van der Waals surface area (Å²) in [5.41, 5.74) is 0. The van der Waals surface area contributed by atoms with Crippen molar-refractivity contribution in [1.82, 2.24) is 5.32 Å². The van der Waals surface area contributed by atoms with Gasteiger partial charge in [-0.2, -0.15) is 0 Å². The van der Waals surface area contributed by atoms with E-state index in [1.54, 1.807) is 11.3 Å². The van der Waals surface area contributed by atoms with Gasteiger partial charge in [-0.25, -0.2) is 0 Å². The lowest BCUT2D eigenvalue weighted by Gasteiger charge is -2.22. The molecule has 1 aliphatic heterocycles. The molecule has 5 heteroatoms. The first kappa shape index (κ1) is 12.5. The van der Waals surface area contributed by atoms with Gasteiger partial charge in [0.15, 0.2) is 5.79 Å². The van der Waals surface area contributed by atoms with E-state index in [2.05, 4.69) is 5.32 Å². The van der Waals surface area contributed by atoms with E-state index in [0.717, 1.165) is 4.88 Å². The number of carbonyl (C=O) groups is 1. The fourth-order valence-corrected chi connectivity index (χ4v) is 2.47. The van der Waals surface area contributed by atoms with E-state index in [0.29, 0.717) is 32.6 Å². The van der Waals surface area contributed by atoms with Gasteiger partial charge in [-0.3, -0.25) is 4.79 Å². The third-order valence-electron chi connectivity index (χ3n) is 2.71. The zero-order chi connectivity index (χ0) is 12.1. The van der Waals surface area contributed by atoms with Gasteiger partial charge in [-0.1, -0.05) is 6.07 Å². The Hall–Kier alpha value is -0.910. The zero-order valence-corrected chi connectivity index (χ0v) is 10.7. The minimum atomic E-state index is -0.518. The fourth-order valence-electron chi connectivity index (χ4n) is 1.76. The molecule has 0 aromatic carbocycles. The van der Waals surface area contributed by atoms with E-state index in [1.165, 1.54) is 0 Å². The Morgan fingerprint density at radius 2 is 2.29 bits per heavy atom. The summed E-state index contributed by atoms with van der Waals surface area (Å²) in [6.07, 6.45) is 1.14. The van der Waals surface area contributed by atoms with Crippen LogP contribution >= 0.6 is 11.3 Å². The van der Waals surface area contributed by atoms with Crippen LogP contribution < -0.4 is 5.32 Å². The topological polar surface area (TPSA) is 47.6 Å². The number of nitrogens with one attached hydrogen (secondary N) is 1. The van der Waals surface area contributed by atoms with Crippen molar-refractivity contribution in [3.05, 3.63) is 22.4 Å². The monoisotopic (exact) mass is 255 g/mol. The lowest BCUT2D eigenvalue weighted by molar-refractivity contribution is -0.146. The molecule has 0 bridgehead atoms. The summed E-state index contributed by atoms with van der Waals surface area (Å²) >= 11 is 1.60. The lowest BCUT2D eigenvalue weighted by Crippen LogP contribution is -2.34. The predicted octanol–water partition coefficient (Wildman–Crippen LogP) is 1.56. The van der Waals surface area contributed by atoms with Crippen molar-refractivity contribution in [2.75, 3.05) is 19.8 Å². The summed E-state index contributed by atoms with van der Waals surface area (Å²) in [4.78, 5) is 12.7. The third kappa shape index (κ3) is 3.80. The molecule has 0 unspecified atom stereocenters. The van der Waals surface area contributed by atoms with E-state index in [9.17, 15) is 4.79 Å². The number of rotatable bonds is 5. The lowest BCUT2D eigenvalue weighted by atomic mass is 10.2. The Kier molecular flexibility index (Phi) is 4.15. The van der Waals surface area contributed by atoms with Gasteiger partial charge in [-0.05, 0) is 18.4 Å². The van der Waals surface area contributed by atoms with Crippen molar-refractivity contribution in [1.29, 1.82) is 0 Å². The van der Waals surface area contributed by atoms with Gasteiger partial charge in [0.05, 0.1) is 19.6 Å². The molecule has 4 nitrogen and oxygen atoms in total. The maximum atomic E-state index is 11.6. The van der Waals surface area contributed by atoms with Crippen molar-refractivity contribution < 1.29 is 14.3 Å². The fraction of sp³-hybridized carbons (Fsp3) is 0.583. The number of ether oxygens (including phenoxy) is 2. The van der Waals surface area contributed by atoms with Crippen molar-refractivity contribution in [2.45, 2.75) is 25.6 Å². The number of thiophene rings is 1. The van der Waals surface area contributed by atoms with Gasteiger partial charge < -0.3 is 14.8 Å². The quantitative estimate of drug-likeness (QED) is 0.868. The largest absolute Gasteiger partial charge is 0.356 e. The van der Waals surface area contributed by atoms with Gasteiger partial charge >= 0.3 is 0 Å². The van der Waals surface area contributed by atoms with Crippen molar-refractivity contribution in [3.63, 3.8) is 0 Å². The van der Waals surface area contributed by atoms with Gasteiger partial charge in [0.1, 0.15) is 0 Å². The van der Waals surface area contributed by atoms with E-state index in [1.807, 2.05) is 24.4 Å². The molecular formula is C12H17NO3S. The van der Waals surface area contributed by atoms with Crippen LogP contribution in [0.25, 0.3) is 0 Å². The predicted molar refractivity (Wildman–Crippen MR) is 66.0 cm³/mol. The average molecular weight is 255 g/mol. The molecule has 2 rings (SSSR count). The zero-order valence-electron chi connectivity index (χ0n) is 9.90. The highest BCUT2D eigenvalue weighted by molar-refractivity contribution is 7.10. The standard InChI is InChI=1S/C12H17NO3S/c1-12(15-6-7-16-12)4-5-13-11(14)9-10-3-2-8-17-10/h2-3,8H,4-7,9H2,1H3,(H,13,14). The Labute approximate surface area is 105 Å². The smallest absolute Gasteiger partial charge is 0.225 e. The Morgan fingerprint density at radius 1 is 1.53 bits per heavy atom. The van der Waals surface area contributed by atoms with Gasteiger partial charge in [0.25, 0.3) is 0 Å². The molecule has 0 spiro atoms. The molecule has 1 fully saturated rings. The molecule has 1 aromatic heterocycles.